The number of carbonyl (C=O) groups is 1. The van der Waals surface area contributed by atoms with Crippen molar-refractivity contribution in [1.29, 1.82) is 0 Å². The molecule has 0 amide bonds. The lowest BCUT2D eigenvalue weighted by molar-refractivity contribution is -0.361. The van der Waals surface area contributed by atoms with E-state index in [0.29, 0.717) is 38.5 Å². The van der Waals surface area contributed by atoms with Crippen LogP contribution in [0, 0.1) is 56.7 Å². The normalized spacial score (nSPS) is 54.8. The average molecular weight is 1080 g/mol. The number of fused-ring (bicyclic) bond motifs is 7. The maximum Gasteiger partial charge on any atom is 0.315 e. The maximum absolute atomic E-state index is 15.2. The number of hydrogen-bond donors (Lipinski definition) is 13. The van der Waals surface area contributed by atoms with Gasteiger partial charge in [0.2, 0.25) is 6.29 Å². The number of rotatable bonds is 11. The zero-order valence-electron chi connectivity index (χ0n) is 44.2. The molecule has 4 aliphatic heterocycles. The standard InChI is InChI=1S/C53H86O22/c1-22-10-15-52(48(67)75-47-41(65)37(61)35(59)28(72-47)20-69-44-42(66)38(62)43(27(18-54)71-44)74-46-40(64)36(60)33(57)24(3)70-46)16-17-53(21-55)25(32(52)23(22)2)8-9-30-50(6)13-12-31(49(4,5)29(50)11-14-51(30,53)7)73-45-39(63)34(58)26(56)19-68-45/h8,22-24,26-47,54-66H,9-21H2,1-7H3. The molecule has 430 valence electrons. The molecule has 0 aromatic heterocycles. The predicted octanol–water partition coefficient (Wildman–Crippen LogP) is -1.54. The van der Waals surface area contributed by atoms with Crippen molar-refractivity contribution in [3.05, 3.63) is 11.6 Å². The van der Waals surface area contributed by atoms with Gasteiger partial charge in [-0.25, -0.2) is 0 Å². The number of esters is 1. The van der Waals surface area contributed by atoms with E-state index < -0.39 is 147 Å². The van der Waals surface area contributed by atoms with Crippen LogP contribution in [0.1, 0.15) is 106 Å². The highest BCUT2D eigenvalue weighted by Crippen LogP contribution is 2.76. The van der Waals surface area contributed by atoms with Gasteiger partial charge >= 0.3 is 5.97 Å². The number of hydrogen-bond acceptors (Lipinski definition) is 22. The minimum atomic E-state index is -1.89. The van der Waals surface area contributed by atoms with Crippen molar-refractivity contribution in [2.45, 2.75) is 229 Å². The van der Waals surface area contributed by atoms with E-state index in [9.17, 15) is 66.4 Å². The average Bonchev–Trinajstić information content (AvgIpc) is 3.38. The summed E-state index contributed by atoms with van der Waals surface area (Å²) >= 11 is 0. The molecule has 0 radical (unpaired) electrons. The lowest BCUT2D eigenvalue weighted by Crippen LogP contribution is -2.67. The molecule has 29 atom stereocenters. The van der Waals surface area contributed by atoms with E-state index in [4.69, 9.17) is 37.9 Å². The Hall–Kier alpha value is -1.59. The highest BCUT2D eigenvalue weighted by molar-refractivity contribution is 5.79. The first kappa shape index (κ1) is 58.1. The summed E-state index contributed by atoms with van der Waals surface area (Å²) in [5, 5.41) is 140. The van der Waals surface area contributed by atoms with E-state index in [2.05, 4.69) is 47.6 Å². The van der Waals surface area contributed by atoms with E-state index in [0.717, 1.165) is 24.8 Å². The Morgan fingerprint density at radius 2 is 1.29 bits per heavy atom. The molecule has 5 aliphatic carbocycles. The number of aliphatic hydroxyl groups is 13. The van der Waals surface area contributed by atoms with Crippen molar-refractivity contribution >= 4 is 5.97 Å². The third-order valence-electron chi connectivity index (χ3n) is 21.3. The van der Waals surface area contributed by atoms with Gasteiger partial charge in [0.15, 0.2) is 18.9 Å². The molecule has 29 unspecified atom stereocenters. The molecule has 9 rings (SSSR count). The minimum absolute atomic E-state index is 0.0292. The fraction of sp³-hybridized carbons (Fsp3) is 0.943. The molecule has 9 aliphatic rings. The van der Waals surface area contributed by atoms with E-state index in [1.807, 2.05) is 0 Å². The highest BCUT2D eigenvalue weighted by Gasteiger charge is 2.71. The first-order valence-corrected chi connectivity index (χ1v) is 27.4. The second kappa shape index (κ2) is 21.4. The number of allylic oxidation sites excluding steroid dienone is 1. The van der Waals surface area contributed by atoms with Gasteiger partial charge in [0.25, 0.3) is 0 Å². The van der Waals surface area contributed by atoms with Crippen molar-refractivity contribution in [1.82, 2.24) is 0 Å². The molecule has 0 bridgehead atoms. The van der Waals surface area contributed by atoms with E-state index >= 15 is 4.79 Å². The first-order valence-electron chi connectivity index (χ1n) is 27.4. The van der Waals surface area contributed by atoms with Gasteiger partial charge in [-0.1, -0.05) is 53.2 Å². The Labute approximate surface area is 437 Å². The molecule has 22 nitrogen and oxygen atoms in total. The highest BCUT2D eigenvalue weighted by atomic mass is 16.8. The van der Waals surface area contributed by atoms with Crippen LogP contribution >= 0.6 is 0 Å². The summed E-state index contributed by atoms with van der Waals surface area (Å²) in [5.41, 5.74) is -1.69. The van der Waals surface area contributed by atoms with Crippen LogP contribution in [0.25, 0.3) is 0 Å². The Kier molecular flexibility index (Phi) is 16.6. The number of aliphatic hydroxyl groups excluding tert-OH is 13. The van der Waals surface area contributed by atoms with Crippen LogP contribution in [-0.4, -0.2) is 222 Å². The summed E-state index contributed by atoms with van der Waals surface area (Å²) in [6.07, 6.45) is -21.9. The van der Waals surface area contributed by atoms with Crippen LogP contribution in [-0.2, 0) is 42.7 Å². The van der Waals surface area contributed by atoms with Gasteiger partial charge < -0.3 is 104 Å². The smallest absolute Gasteiger partial charge is 0.315 e. The molecule has 22 heteroatoms. The molecule has 0 aromatic carbocycles. The van der Waals surface area contributed by atoms with Crippen molar-refractivity contribution in [3.8, 4) is 0 Å². The molecular formula is C53H86O22. The lowest BCUT2D eigenvalue weighted by Gasteiger charge is -2.71. The largest absolute Gasteiger partial charge is 0.432 e. The third-order valence-corrected chi connectivity index (χ3v) is 21.3. The second-order valence-electron chi connectivity index (χ2n) is 25.2. The summed E-state index contributed by atoms with van der Waals surface area (Å²) in [5.74, 6) is -0.494. The van der Waals surface area contributed by atoms with Gasteiger partial charge in [-0.05, 0) is 111 Å². The topological polar surface area (TPSA) is 354 Å². The summed E-state index contributed by atoms with van der Waals surface area (Å²) < 4.78 is 47.0. The maximum atomic E-state index is 15.2. The van der Waals surface area contributed by atoms with E-state index in [1.165, 1.54) is 6.92 Å². The molecule has 13 N–H and O–H groups in total. The fourth-order valence-electron chi connectivity index (χ4n) is 16.5. The molecule has 8 fully saturated rings. The minimum Gasteiger partial charge on any atom is -0.432 e. The SMILES string of the molecule is CC1CCC2(C(=O)OC3OC(COC4OC(CO)C(OC5OC(C)C(O)C(O)C5O)C(O)C4O)C(O)C(O)C3O)CCC3(CO)C(=CCC4C5(C)CCC(OC6OCC(O)C(O)C6O)C(C)(C)C5CCC43C)C2C1C. The Balaban J connectivity index is 0.905. The van der Waals surface area contributed by atoms with Crippen molar-refractivity contribution in [2.75, 3.05) is 26.4 Å². The van der Waals surface area contributed by atoms with Crippen LogP contribution < -0.4 is 0 Å². The number of carbonyl (C=O) groups excluding carboxylic acids is 1. The predicted molar refractivity (Wildman–Crippen MR) is 257 cm³/mol. The van der Waals surface area contributed by atoms with E-state index in [1.54, 1.807) is 0 Å². The van der Waals surface area contributed by atoms with Crippen LogP contribution in [0.4, 0.5) is 0 Å². The van der Waals surface area contributed by atoms with Crippen molar-refractivity contribution < 1.29 is 109 Å². The molecule has 4 saturated heterocycles. The zero-order valence-corrected chi connectivity index (χ0v) is 44.2. The quantitative estimate of drug-likeness (QED) is 0.0633. The molecule has 4 heterocycles. The lowest BCUT2D eigenvalue weighted by atomic mass is 9.33. The summed E-state index contributed by atoms with van der Waals surface area (Å²) in [6.45, 7) is 13.1. The van der Waals surface area contributed by atoms with Gasteiger partial charge in [-0.2, -0.15) is 0 Å². The van der Waals surface area contributed by atoms with E-state index in [-0.39, 0.29) is 65.2 Å². The summed E-state index contributed by atoms with van der Waals surface area (Å²) in [4.78, 5) is 15.2. The van der Waals surface area contributed by atoms with Gasteiger partial charge in [0.05, 0.1) is 44.1 Å². The van der Waals surface area contributed by atoms with Gasteiger partial charge in [0, 0.05) is 5.41 Å². The molecule has 75 heavy (non-hydrogen) atoms. The van der Waals surface area contributed by atoms with Crippen LogP contribution in [0.15, 0.2) is 11.6 Å². The van der Waals surface area contributed by atoms with Gasteiger partial charge in [-0.15, -0.1) is 0 Å². The Morgan fingerprint density at radius 1 is 0.640 bits per heavy atom. The molecule has 0 aromatic rings. The fourth-order valence-corrected chi connectivity index (χ4v) is 16.5. The zero-order chi connectivity index (χ0) is 54.6. The van der Waals surface area contributed by atoms with Gasteiger partial charge in [-0.3, -0.25) is 4.79 Å². The number of ether oxygens (including phenoxy) is 8. The van der Waals surface area contributed by atoms with Crippen molar-refractivity contribution in [3.63, 3.8) is 0 Å². The van der Waals surface area contributed by atoms with Crippen molar-refractivity contribution in [2.24, 2.45) is 56.7 Å². The third kappa shape index (κ3) is 9.31. The van der Waals surface area contributed by atoms with Crippen LogP contribution in [0.3, 0.4) is 0 Å². The Bertz CT molecular complexity index is 2050. The Morgan fingerprint density at radius 3 is 1.99 bits per heavy atom. The molecular weight excluding hydrogens is 989 g/mol. The van der Waals surface area contributed by atoms with Crippen LogP contribution in [0.5, 0.6) is 0 Å². The summed E-state index contributed by atoms with van der Waals surface area (Å²) in [7, 11) is 0. The summed E-state index contributed by atoms with van der Waals surface area (Å²) in [6, 6.07) is 0. The van der Waals surface area contributed by atoms with Crippen LogP contribution in [0.2, 0.25) is 0 Å². The molecule has 0 spiro atoms. The monoisotopic (exact) mass is 1070 g/mol. The second-order valence-corrected chi connectivity index (χ2v) is 25.2. The van der Waals surface area contributed by atoms with Gasteiger partial charge in [0.1, 0.15) is 85.5 Å². The molecule has 4 saturated carbocycles. The first-order chi connectivity index (χ1) is 35.2.